The second kappa shape index (κ2) is 7.02. The molecule has 1 aromatic carbocycles. The number of hydrogen-bond acceptors (Lipinski definition) is 2. The van der Waals surface area contributed by atoms with Crippen LogP contribution in [0.3, 0.4) is 0 Å². The summed E-state index contributed by atoms with van der Waals surface area (Å²) in [5.74, 6) is -0.132. The van der Waals surface area contributed by atoms with E-state index in [1.54, 1.807) is 24.3 Å². The Labute approximate surface area is 101 Å². The third-order valence-corrected chi connectivity index (χ3v) is 2.10. The normalized spacial score (nSPS) is 10.6. The number of nitrogens with zero attached hydrogens (tertiary/aromatic N) is 1. The van der Waals surface area contributed by atoms with Gasteiger partial charge in [-0.05, 0) is 24.6 Å². The minimum absolute atomic E-state index is 0.132. The zero-order chi connectivity index (χ0) is 12.5. The van der Waals surface area contributed by atoms with Crippen LogP contribution >= 0.6 is 0 Å². The summed E-state index contributed by atoms with van der Waals surface area (Å²) in [4.78, 5) is 11.3. The highest BCUT2D eigenvalue weighted by Gasteiger charge is 1.96. The first-order valence-corrected chi connectivity index (χ1v) is 5.32. The third-order valence-electron chi connectivity index (χ3n) is 2.10. The second-order valence-electron chi connectivity index (χ2n) is 3.41. The van der Waals surface area contributed by atoms with E-state index in [1.807, 2.05) is 31.2 Å². The quantitative estimate of drug-likeness (QED) is 0.632. The molecule has 1 N–H and O–H groups in total. The molecule has 0 fully saturated rings. The molecular formula is C14H14N2O. The molecule has 0 aliphatic rings. The van der Waals surface area contributed by atoms with Crippen LogP contribution in [0.1, 0.15) is 18.1 Å². The molecule has 0 saturated heterocycles. The van der Waals surface area contributed by atoms with Crippen molar-refractivity contribution in [1.29, 1.82) is 5.26 Å². The summed E-state index contributed by atoms with van der Waals surface area (Å²) < 4.78 is 0. The maximum atomic E-state index is 11.3. The highest BCUT2D eigenvalue weighted by atomic mass is 16.1. The van der Waals surface area contributed by atoms with E-state index < -0.39 is 0 Å². The Hall–Kier alpha value is -2.34. The van der Waals surface area contributed by atoms with Crippen LogP contribution in [0.5, 0.6) is 0 Å². The van der Waals surface area contributed by atoms with Gasteiger partial charge in [0.2, 0.25) is 5.91 Å². The Balaban J connectivity index is 2.45. The third kappa shape index (κ3) is 4.80. The lowest BCUT2D eigenvalue weighted by molar-refractivity contribution is -0.116. The van der Waals surface area contributed by atoms with Gasteiger partial charge < -0.3 is 5.32 Å². The van der Waals surface area contributed by atoms with E-state index in [0.29, 0.717) is 12.1 Å². The summed E-state index contributed by atoms with van der Waals surface area (Å²) >= 11 is 0. The molecule has 0 saturated carbocycles. The highest BCUT2D eigenvalue weighted by molar-refractivity contribution is 5.87. The Morgan fingerprint density at radius 2 is 2.06 bits per heavy atom. The Bertz CT molecular complexity index is 464. The van der Waals surface area contributed by atoms with Crippen molar-refractivity contribution >= 4 is 5.91 Å². The summed E-state index contributed by atoms with van der Waals surface area (Å²) in [7, 11) is 0. The van der Waals surface area contributed by atoms with E-state index in [1.165, 1.54) is 6.08 Å². The number of nitriles is 1. The number of rotatable bonds is 4. The average Bonchev–Trinajstić information content (AvgIpc) is 2.37. The topological polar surface area (TPSA) is 52.9 Å². The second-order valence-corrected chi connectivity index (χ2v) is 3.41. The minimum atomic E-state index is -0.132. The van der Waals surface area contributed by atoms with Gasteiger partial charge in [0.05, 0.1) is 11.6 Å². The average molecular weight is 226 g/mol. The first-order chi connectivity index (χ1) is 8.26. The Morgan fingerprint density at radius 1 is 1.35 bits per heavy atom. The van der Waals surface area contributed by atoms with Crippen molar-refractivity contribution < 1.29 is 4.79 Å². The fraction of sp³-hybridized carbons (Fsp3) is 0.143. The van der Waals surface area contributed by atoms with Crippen molar-refractivity contribution in [1.82, 2.24) is 5.32 Å². The van der Waals surface area contributed by atoms with Crippen LogP contribution in [0, 0.1) is 11.3 Å². The van der Waals surface area contributed by atoms with Gasteiger partial charge in [-0.1, -0.05) is 30.4 Å². The molecule has 0 radical (unpaired) electrons. The standard InChI is InChI=1S/C14H14N2O/c1-2-3-4-5-14(17)16-11-13-8-6-12(10-15)7-9-13/h2-9H,11H2,1H3,(H,16,17)/b3-2+,5-4+. The van der Waals surface area contributed by atoms with E-state index in [0.717, 1.165) is 5.56 Å². The maximum Gasteiger partial charge on any atom is 0.244 e. The van der Waals surface area contributed by atoms with Gasteiger partial charge in [0.1, 0.15) is 0 Å². The van der Waals surface area contributed by atoms with Crippen molar-refractivity contribution in [3.8, 4) is 6.07 Å². The lowest BCUT2D eigenvalue weighted by Gasteiger charge is -2.02. The van der Waals surface area contributed by atoms with E-state index in [9.17, 15) is 4.79 Å². The predicted molar refractivity (Wildman–Crippen MR) is 67.0 cm³/mol. The molecule has 1 aromatic rings. The van der Waals surface area contributed by atoms with E-state index in [2.05, 4.69) is 5.32 Å². The van der Waals surface area contributed by atoms with Crippen LogP contribution in [0.4, 0.5) is 0 Å². The predicted octanol–water partition coefficient (Wildman–Crippen LogP) is 2.31. The fourth-order valence-corrected chi connectivity index (χ4v) is 1.20. The van der Waals surface area contributed by atoms with Gasteiger partial charge in [-0.25, -0.2) is 0 Å². The summed E-state index contributed by atoms with van der Waals surface area (Å²) in [6, 6.07) is 9.17. The number of hydrogen-bond donors (Lipinski definition) is 1. The Kier molecular flexibility index (Phi) is 5.26. The minimum Gasteiger partial charge on any atom is -0.348 e. The van der Waals surface area contributed by atoms with Gasteiger partial charge in [0.25, 0.3) is 0 Å². The lowest BCUT2D eigenvalue weighted by Crippen LogP contribution is -2.20. The molecule has 0 aliphatic heterocycles. The molecule has 3 heteroatoms. The number of nitrogens with one attached hydrogen (secondary N) is 1. The van der Waals surface area contributed by atoms with Gasteiger partial charge in [-0.2, -0.15) is 5.26 Å². The van der Waals surface area contributed by atoms with Crippen LogP contribution in [0.2, 0.25) is 0 Å². The summed E-state index contributed by atoms with van der Waals surface area (Å²) in [5.41, 5.74) is 1.59. The molecule has 1 amide bonds. The first kappa shape index (κ1) is 12.7. The van der Waals surface area contributed by atoms with Crippen LogP contribution < -0.4 is 5.32 Å². The monoisotopic (exact) mass is 226 g/mol. The summed E-state index contributed by atoms with van der Waals surface area (Å²) in [5, 5.41) is 11.4. The molecule has 0 atom stereocenters. The van der Waals surface area contributed by atoms with Crippen molar-refractivity contribution in [2.75, 3.05) is 0 Å². The van der Waals surface area contributed by atoms with Gasteiger partial charge in [-0.15, -0.1) is 0 Å². The summed E-state index contributed by atoms with van der Waals surface area (Å²) in [6.45, 7) is 2.35. The molecule has 0 bridgehead atoms. The molecule has 86 valence electrons. The molecule has 0 heterocycles. The number of carbonyl (C=O) groups is 1. The molecule has 3 nitrogen and oxygen atoms in total. The summed E-state index contributed by atoms with van der Waals surface area (Å²) in [6.07, 6.45) is 6.81. The van der Waals surface area contributed by atoms with Gasteiger partial charge in [-0.3, -0.25) is 4.79 Å². The maximum absolute atomic E-state index is 11.3. The zero-order valence-electron chi connectivity index (χ0n) is 9.68. The molecule has 0 aromatic heterocycles. The molecule has 0 spiro atoms. The van der Waals surface area contributed by atoms with Crippen LogP contribution in [0.25, 0.3) is 0 Å². The van der Waals surface area contributed by atoms with E-state index in [4.69, 9.17) is 5.26 Å². The largest absolute Gasteiger partial charge is 0.348 e. The molecule has 0 aliphatic carbocycles. The van der Waals surface area contributed by atoms with E-state index >= 15 is 0 Å². The first-order valence-electron chi connectivity index (χ1n) is 5.32. The van der Waals surface area contributed by atoms with Crippen molar-refractivity contribution in [2.45, 2.75) is 13.5 Å². The lowest BCUT2D eigenvalue weighted by atomic mass is 10.1. The molecule has 0 unspecified atom stereocenters. The fourth-order valence-electron chi connectivity index (χ4n) is 1.20. The molecule has 17 heavy (non-hydrogen) atoms. The zero-order valence-corrected chi connectivity index (χ0v) is 9.68. The number of carbonyl (C=O) groups excluding carboxylic acids is 1. The number of benzene rings is 1. The van der Waals surface area contributed by atoms with Crippen molar-refractivity contribution in [2.24, 2.45) is 0 Å². The molecule has 1 rings (SSSR count). The van der Waals surface area contributed by atoms with Crippen LogP contribution in [-0.4, -0.2) is 5.91 Å². The smallest absolute Gasteiger partial charge is 0.244 e. The highest BCUT2D eigenvalue weighted by Crippen LogP contribution is 2.02. The van der Waals surface area contributed by atoms with Crippen LogP contribution in [0.15, 0.2) is 48.6 Å². The van der Waals surface area contributed by atoms with E-state index in [-0.39, 0.29) is 5.91 Å². The van der Waals surface area contributed by atoms with Gasteiger partial charge >= 0.3 is 0 Å². The van der Waals surface area contributed by atoms with Crippen LogP contribution in [-0.2, 0) is 11.3 Å². The molecular weight excluding hydrogens is 212 g/mol. The number of allylic oxidation sites excluding steroid dienone is 3. The van der Waals surface area contributed by atoms with Crippen molar-refractivity contribution in [3.63, 3.8) is 0 Å². The van der Waals surface area contributed by atoms with Gasteiger partial charge in [0.15, 0.2) is 0 Å². The van der Waals surface area contributed by atoms with Crippen molar-refractivity contribution in [3.05, 3.63) is 59.7 Å². The SMILES string of the molecule is C/C=C/C=C/C(=O)NCc1ccc(C#N)cc1. The van der Waals surface area contributed by atoms with Gasteiger partial charge in [0, 0.05) is 12.6 Å². The Morgan fingerprint density at radius 3 is 2.65 bits per heavy atom. The number of amides is 1.